The Bertz CT molecular complexity index is 700. The first-order chi connectivity index (χ1) is 12.0. The van der Waals surface area contributed by atoms with Crippen molar-refractivity contribution in [2.45, 2.75) is 51.2 Å². The van der Waals surface area contributed by atoms with Gasteiger partial charge in [0.25, 0.3) is 5.91 Å². The molecular weight excluding hydrogens is 351 g/mol. The van der Waals surface area contributed by atoms with Gasteiger partial charge in [-0.3, -0.25) is 9.59 Å². The Balaban J connectivity index is 2.39. The molecular formula is C17H22F3N3O3. The second-order valence-electron chi connectivity index (χ2n) is 6.80. The number of aromatic nitrogens is 1. The third-order valence-corrected chi connectivity index (χ3v) is 4.08. The van der Waals surface area contributed by atoms with Crippen molar-refractivity contribution in [3.63, 3.8) is 0 Å². The van der Waals surface area contributed by atoms with Crippen LogP contribution in [0.5, 0.6) is 5.75 Å². The first kappa shape index (κ1) is 20.0. The number of ether oxygens (including phenoxy) is 1. The van der Waals surface area contributed by atoms with Crippen LogP contribution in [-0.2, 0) is 11.0 Å². The standard InChI is InChI=1S/C17H22F3N3O3/c1-8(2)6-11(15(21)24)22-16(25)14-12(26-3)7-10(17(18,19)20)13(23-14)9-4-5-9/h7-9,11H,4-6H2,1-3H3,(H2,21,24)(H,22,25)/t11-/m0/s1. The molecule has 144 valence electrons. The molecule has 3 N–H and O–H groups in total. The fourth-order valence-electron chi connectivity index (χ4n) is 2.67. The van der Waals surface area contributed by atoms with E-state index in [9.17, 15) is 22.8 Å². The Morgan fingerprint density at radius 1 is 1.38 bits per heavy atom. The third kappa shape index (κ3) is 4.64. The summed E-state index contributed by atoms with van der Waals surface area (Å²) in [6.07, 6.45) is -3.12. The molecule has 1 aromatic heterocycles. The minimum absolute atomic E-state index is 0.0808. The smallest absolute Gasteiger partial charge is 0.418 e. The zero-order valence-corrected chi connectivity index (χ0v) is 14.8. The molecule has 0 unspecified atom stereocenters. The number of nitrogens with zero attached hydrogens (tertiary/aromatic N) is 1. The lowest BCUT2D eigenvalue weighted by atomic mass is 10.0. The van der Waals surface area contributed by atoms with Crippen LogP contribution >= 0.6 is 0 Å². The summed E-state index contributed by atoms with van der Waals surface area (Å²) in [4.78, 5) is 28.0. The highest BCUT2D eigenvalue weighted by Gasteiger charge is 2.41. The van der Waals surface area contributed by atoms with Crippen molar-refractivity contribution in [1.82, 2.24) is 10.3 Å². The molecule has 0 bridgehead atoms. The van der Waals surface area contributed by atoms with Gasteiger partial charge in [-0.05, 0) is 31.2 Å². The van der Waals surface area contributed by atoms with Crippen LogP contribution in [0, 0.1) is 5.92 Å². The molecule has 2 amide bonds. The number of alkyl halides is 3. The molecule has 0 spiro atoms. The number of rotatable bonds is 7. The molecule has 1 aromatic rings. The van der Waals surface area contributed by atoms with Crippen molar-refractivity contribution in [1.29, 1.82) is 0 Å². The van der Waals surface area contributed by atoms with E-state index in [1.165, 1.54) is 0 Å². The van der Waals surface area contributed by atoms with Crippen LogP contribution in [0.2, 0.25) is 0 Å². The Hall–Kier alpha value is -2.32. The van der Waals surface area contributed by atoms with E-state index in [0.29, 0.717) is 19.3 Å². The lowest BCUT2D eigenvalue weighted by Crippen LogP contribution is -2.45. The van der Waals surface area contributed by atoms with Gasteiger partial charge in [0.2, 0.25) is 5.91 Å². The lowest BCUT2D eigenvalue weighted by molar-refractivity contribution is -0.138. The molecule has 2 rings (SSSR count). The molecule has 0 aromatic carbocycles. The summed E-state index contributed by atoms with van der Waals surface area (Å²) in [7, 11) is 1.16. The predicted octanol–water partition coefficient (Wildman–Crippen LogP) is 2.62. The van der Waals surface area contributed by atoms with Crippen molar-refractivity contribution in [2.75, 3.05) is 7.11 Å². The number of pyridine rings is 1. The topological polar surface area (TPSA) is 94.3 Å². The summed E-state index contributed by atoms with van der Waals surface area (Å²) in [5.74, 6) is -2.06. The van der Waals surface area contributed by atoms with Crippen molar-refractivity contribution in [3.05, 3.63) is 23.0 Å². The molecule has 1 atom stereocenters. The Morgan fingerprint density at radius 3 is 2.42 bits per heavy atom. The van der Waals surface area contributed by atoms with Gasteiger partial charge in [-0.1, -0.05) is 13.8 Å². The van der Waals surface area contributed by atoms with E-state index in [0.717, 1.165) is 13.2 Å². The number of hydrogen-bond acceptors (Lipinski definition) is 4. The highest BCUT2D eigenvalue weighted by Crippen LogP contribution is 2.46. The molecule has 1 heterocycles. The number of hydrogen-bond donors (Lipinski definition) is 2. The van der Waals surface area contributed by atoms with Crippen LogP contribution in [0.15, 0.2) is 6.07 Å². The number of carbonyl (C=O) groups excluding carboxylic acids is 2. The Morgan fingerprint density at radius 2 is 2.00 bits per heavy atom. The van der Waals surface area contributed by atoms with Gasteiger partial charge < -0.3 is 15.8 Å². The molecule has 9 heteroatoms. The van der Waals surface area contributed by atoms with Gasteiger partial charge in [-0.2, -0.15) is 13.2 Å². The largest absolute Gasteiger partial charge is 0.494 e. The maximum absolute atomic E-state index is 13.3. The summed E-state index contributed by atoms with van der Waals surface area (Å²) >= 11 is 0. The second kappa shape index (κ2) is 7.51. The van der Waals surface area contributed by atoms with Gasteiger partial charge in [0.05, 0.1) is 18.4 Å². The van der Waals surface area contributed by atoms with Gasteiger partial charge in [-0.25, -0.2) is 4.98 Å². The van der Waals surface area contributed by atoms with Crippen molar-refractivity contribution >= 4 is 11.8 Å². The van der Waals surface area contributed by atoms with Crippen LogP contribution in [0.4, 0.5) is 13.2 Å². The van der Waals surface area contributed by atoms with Crippen LogP contribution in [-0.4, -0.2) is 29.9 Å². The van der Waals surface area contributed by atoms with E-state index in [1.807, 2.05) is 13.8 Å². The fourth-order valence-corrected chi connectivity index (χ4v) is 2.67. The first-order valence-corrected chi connectivity index (χ1v) is 8.30. The third-order valence-electron chi connectivity index (χ3n) is 4.08. The SMILES string of the molecule is COc1cc(C(F)(F)F)c(C2CC2)nc1C(=O)N[C@@H](CC(C)C)C(N)=O. The minimum Gasteiger partial charge on any atom is -0.494 e. The summed E-state index contributed by atoms with van der Waals surface area (Å²) < 4.78 is 44.8. The van der Waals surface area contributed by atoms with E-state index < -0.39 is 29.6 Å². The van der Waals surface area contributed by atoms with E-state index in [-0.39, 0.29) is 29.0 Å². The molecule has 1 saturated carbocycles. The highest BCUT2D eigenvalue weighted by molar-refractivity contribution is 5.98. The Kier molecular flexibility index (Phi) is 5.77. The number of carbonyl (C=O) groups is 2. The van der Waals surface area contributed by atoms with Crippen LogP contribution in [0.25, 0.3) is 0 Å². The van der Waals surface area contributed by atoms with Gasteiger partial charge in [-0.15, -0.1) is 0 Å². The number of nitrogens with one attached hydrogen (secondary N) is 1. The van der Waals surface area contributed by atoms with Gasteiger partial charge in [0.1, 0.15) is 6.04 Å². The molecule has 0 aliphatic heterocycles. The van der Waals surface area contributed by atoms with Gasteiger partial charge in [0, 0.05) is 5.92 Å². The molecule has 6 nitrogen and oxygen atoms in total. The number of nitrogens with two attached hydrogens (primary N) is 1. The van der Waals surface area contributed by atoms with Crippen molar-refractivity contribution in [2.24, 2.45) is 11.7 Å². The van der Waals surface area contributed by atoms with E-state index in [2.05, 4.69) is 10.3 Å². The normalized spacial score (nSPS) is 15.7. The molecule has 1 fully saturated rings. The summed E-state index contributed by atoms with van der Waals surface area (Å²) in [5, 5.41) is 2.45. The maximum Gasteiger partial charge on any atom is 0.418 e. The molecule has 0 saturated heterocycles. The van der Waals surface area contributed by atoms with Crippen molar-refractivity contribution < 1.29 is 27.5 Å². The first-order valence-electron chi connectivity index (χ1n) is 8.30. The summed E-state index contributed by atoms with van der Waals surface area (Å²) in [6.45, 7) is 3.70. The van der Waals surface area contributed by atoms with E-state index in [1.54, 1.807) is 0 Å². The van der Waals surface area contributed by atoms with Crippen LogP contribution in [0.1, 0.15) is 60.8 Å². The predicted molar refractivity (Wildman–Crippen MR) is 87.7 cm³/mol. The van der Waals surface area contributed by atoms with Crippen LogP contribution in [0.3, 0.4) is 0 Å². The van der Waals surface area contributed by atoms with Gasteiger partial charge in [0.15, 0.2) is 11.4 Å². The quantitative estimate of drug-likeness (QED) is 0.768. The average molecular weight is 373 g/mol. The monoisotopic (exact) mass is 373 g/mol. The number of halogens is 3. The average Bonchev–Trinajstić information content (AvgIpc) is 3.36. The Labute approximate surface area is 149 Å². The fraction of sp³-hybridized carbons (Fsp3) is 0.588. The molecule has 26 heavy (non-hydrogen) atoms. The van der Waals surface area contributed by atoms with E-state index in [4.69, 9.17) is 10.5 Å². The molecule has 1 aliphatic carbocycles. The van der Waals surface area contributed by atoms with Crippen LogP contribution < -0.4 is 15.8 Å². The summed E-state index contributed by atoms with van der Waals surface area (Å²) in [6, 6.07) is -0.155. The second-order valence-corrected chi connectivity index (χ2v) is 6.80. The molecule has 1 aliphatic rings. The minimum atomic E-state index is -4.60. The lowest BCUT2D eigenvalue weighted by Gasteiger charge is -2.19. The number of primary amides is 1. The van der Waals surface area contributed by atoms with Crippen molar-refractivity contribution in [3.8, 4) is 5.75 Å². The zero-order valence-electron chi connectivity index (χ0n) is 14.8. The summed E-state index contributed by atoms with van der Waals surface area (Å²) in [5.41, 5.74) is 3.95. The van der Waals surface area contributed by atoms with E-state index >= 15 is 0 Å². The zero-order chi connectivity index (χ0) is 19.6. The number of methoxy groups -OCH3 is 1. The number of amides is 2. The highest BCUT2D eigenvalue weighted by atomic mass is 19.4. The maximum atomic E-state index is 13.3. The van der Waals surface area contributed by atoms with Gasteiger partial charge >= 0.3 is 6.18 Å². The molecule has 0 radical (unpaired) electrons.